The van der Waals surface area contributed by atoms with Gasteiger partial charge in [-0.2, -0.15) is 0 Å². The van der Waals surface area contributed by atoms with Crippen molar-refractivity contribution in [2.24, 2.45) is 11.8 Å². The van der Waals surface area contributed by atoms with Crippen LogP contribution in [0, 0.1) is 12.8 Å². The Morgan fingerprint density at radius 1 is 1.41 bits per heavy atom. The summed E-state index contributed by atoms with van der Waals surface area (Å²) in [5.74, 6) is 6.51. The molecule has 0 radical (unpaired) electrons. The summed E-state index contributed by atoms with van der Waals surface area (Å²) in [6.07, 6.45) is 6.36. The van der Waals surface area contributed by atoms with Crippen LogP contribution in [-0.2, 0) is 0 Å². The van der Waals surface area contributed by atoms with E-state index in [9.17, 15) is 0 Å². The topological polar surface area (TPSA) is 38.0 Å². The Labute approximate surface area is 110 Å². The molecule has 1 aromatic heterocycles. The number of nitrogens with two attached hydrogens (primary N) is 1. The van der Waals surface area contributed by atoms with E-state index < -0.39 is 0 Å². The SMILES string of the molecule is CCCCC(CC)CC(NN)c1sccc1C. The van der Waals surface area contributed by atoms with Crippen LogP contribution in [0.25, 0.3) is 0 Å². The van der Waals surface area contributed by atoms with Gasteiger partial charge in [-0.05, 0) is 36.3 Å². The second-order valence-electron chi connectivity index (χ2n) is 4.84. The second-order valence-corrected chi connectivity index (χ2v) is 5.79. The summed E-state index contributed by atoms with van der Waals surface area (Å²) in [5, 5.41) is 2.15. The van der Waals surface area contributed by atoms with E-state index in [1.54, 1.807) is 0 Å². The molecule has 0 saturated carbocycles. The normalized spacial score (nSPS) is 14.8. The Kier molecular flexibility index (Phi) is 6.78. The van der Waals surface area contributed by atoms with E-state index in [-0.39, 0.29) is 0 Å². The van der Waals surface area contributed by atoms with Crippen molar-refractivity contribution in [2.45, 2.75) is 58.9 Å². The number of nitrogens with one attached hydrogen (secondary N) is 1. The van der Waals surface area contributed by atoms with Crippen LogP contribution in [0.3, 0.4) is 0 Å². The lowest BCUT2D eigenvalue weighted by Crippen LogP contribution is -2.29. The van der Waals surface area contributed by atoms with Gasteiger partial charge in [0.25, 0.3) is 0 Å². The highest BCUT2D eigenvalue weighted by Crippen LogP contribution is 2.31. The number of aryl methyl sites for hydroxylation is 1. The summed E-state index contributed by atoms with van der Waals surface area (Å²) in [6.45, 7) is 6.72. The van der Waals surface area contributed by atoms with Gasteiger partial charge in [0, 0.05) is 4.88 Å². The van der Waals surface area contributed by atoms with Gasteiger partial charge in [-0.3, -0.25) is 11.3 Å². The molecule has 98 valence electrons. The van der Waals surface area contributed by atoms with E-state index in [4.69, 9.17) is 5.84 Å². The van der Waals surface area contributed by atoms with Crippen LogP contribution in [0.1, 0.15) is 62.4 Å². The molecule has 0 fully saturated rings. The lowest BCUT2D eigenvalue weighted by Gasteiger charge is -2.22. The number of thiophene rings is 1. The maximum Gasteiger partial charge on any atom is 0.0558 e. The number of rotatable bonds is 8. The minimum Gasteiger partial charge on any atom is -0.271 e. The molecular formula is C14H26N2S. The summed E-state index contributed by atoms with van der Waals surface area (Å²) in [4.78, 5) is 1.41. The highest BCUT2D eigenvalue weighted by Gasteiger charge is 2.18. The Bertz CT molecular complexity index is 309. The Morgan fingerprint density at radius 2 is 2.18 bits per heavy atom. The Morgan fingerprint density at radius 3 is 2.65 bits per heavy atom. The first kappa shape index (κ1) is 14.7. The van der Waals surface area contributed by atoms with E-state index in [0.29, 0.717) is 6.04 Å². The number of unbranched alkanes of at least 4 members (excludes halogenated alkanes) is 1. The van der Waals surface area contributed by atoms with Gasteiger partial charge in [0.05, 0.1) is 6.04 Å². The second kappa shape index (κ2) is 7.85. The molecule has 2 atom stereocenters. The zero-order chi connectivity index (χ0) is 12.7. The van der Waals surface area contributed by atoms with Crippen LogP contribution < -0.4 is 11.3 Å². The third kappa shape index (κ3) is 4.41. The fraction of sp³-hybridized carbons (Fsp3) is 0.714. The highest BCUT2D eigenvalue weighted by atomic mass is 32.1. The monoisotopic (exact) mass is 254 g/mol. The lowest BCUT2D eigenvalue weighted by atomic mass is 9.91. The maximum absolute atomic E-state index is 5.72. The molecule has 0 bridgehead atoms. The van der Waals surface area contributed by atoms with Crippen LogP contribution in [0.15, 0.2) is 11.4 Å². The smallest absolute Gasteiger partial charge is 0.0558 e. The standard InChI is InChI=1S/C14H26N2S/c1-4-6-7-12(5-2)10-13(16-15)14-11(3)8-9-17-14/h8-9,12-13,16H,4-7,10,15H2,1-3H3. The molecule has 3 heteroatoms. The Hall–Kier alpha value is -0.380. The predicted molar refractivity (Wildman–Crippen MR) is 77.0 cm³/mol. The number of hydrazine groups is 1. The third-order valence-electron chi connectivity index (χ3n) is 3.53. The maximum atomic E-state index is 5.72. The molecule has 0 aliphatic heterocycles. The van der Waals surface area contributed by atoms with Gasteiger partial charge in [-0.15, -0.1) is 11.3 Å². The third-order valence-corrected chi connectivity index (χ3v) is 4.66. The summed E-state index contributed by atoms with van der Waals surface area (Å²) in [7, 11) is 0. The van der Waals surface area contributed by atoms with E-state index in [1.165, 1.54) is 36.1 Å². The van der Waals surface area contributed by atoms with Crippen molar-refractivity contribution in [3.8, 4) is 0 Å². The average molecular weight is 254 g/mol. The van der Waals surface area contributed by atoms with Gasteiger partial charge in [0.15, 0.2) is 0 Å². The quantitative estimate of drug-likeness (QED) is 0.540. The molecule has 1 rings (SSSR count). The molecule has 2 nitrogen and oxygen atoms in total. The molecule has 1 aromatic rings. The fourth-order valence-electron chi connectivity index (χ4n) is 2.31. The average Bonchev–Trinajstić information content (AvgIpc) is 2.76. The van der Waals surface area contributed by atoms with E-state index in [1.807, 2.05) is 11.3 Å². The molecule has 0 aliphatic carbocycles. The first-order chi connectivity index (χ1) is 8.22. The highest BCUT2D eigenvalue weighted by molar-refractivity contribution is 7.10. The first-order valence-electron chi connectivity index (χ1n) is 6.73. The first-order valence-corrected chi connectivity index (χ1v) is 7.60. The number of hydrogen-bond acceptors (Lipinski definition) is 3. The molecule has 0 saturated heterocycles. The molecule has 0 aromatic carbocycles. The summed E-state index contributed by atoms with van der Waals surface area (Å²) in [6, 6.07) is 2.51. The fourth-order valence-corrected chi connectivity index (χ4v) is 3.31. The molecule has 2 unspecified atom stereocenters. The van der Waals surface area contributed by atoms with Gasteiger partial charge in [0.2, 0.25) is 0 Å². The summed E-state index contributed by atoms with van der Waals surface area (Å²) in [5.41, 5.74) is 4.36. The van der Waals surface area contributed by atoms with Crippen molar-refractivity contribution in [3.05, 3.63) is 21.9 Å². The lowest BCUT2D eigenvalue weighted by molar-refractivity contribution is 0.358. The van der Waals surface area contributed by atoms with Crippen LogP contribution in [0.2, 0.25) is 0 Å². The summed E-state index contributed by atoms with van der Waals surface area (Å²) >= 11 is 1.82. The van der Waals surface area contributed by atoms with Crippen molar-refractivity contribution >= 4 is 11.3 Å². The minimum atomic E-state index is 0.330. The molecule has 0 amide bonds. The van der Waals surface area contributed by atoms with Crippen LogP contribution in [0.4, 0.5) is 0 Å². The van der Waals surface area contributed by atoms with Crippen LogP contribution >= 0.6 is 11.3 Å². The van der Waals surface area contributed by atoms with E-state index in [2.05, 4.69) is 37.6 Å². The molecule has 17 heavy (non-hydrogen) atoms. The van der Waals surface area contributed by atoms with Gasteiger partial charge in [-0.25, -0.2) is 0 Å². The Balaban J connectivity index is 2.59. The van der Waals surface area contributed by atoms with Crippen molar-refractivity contribution in [2.75, 3.05) is 0 Å². The molecule has 0 aliphatic rings. The van der Waals surface area contributed by atoms with Crippen molar-refractivity contribution in [1.82, 2.24) is 5.43 Å². The van der Waals surface area contributed by atoms with Crippen molar-refractivity contribution < 1.29 is 0 Å². The van der Waals surface area contributed by atoms with Crippen LogP contribution in [-0.4, -0.2) is 0 Å². The van der Waals surface area contributed by atoms with Crippen molar-refractivity contribution in [3.63, 3.8) is 0 Å². The largest absolute Gasteiger partial charge is 0.271 e. The van der Waals surface area contributed by atoms with E-state index >= 15 is 0 Å². The number of hydrogen-bond donors (Lipinski definition) is 2. The summed E-state index contributed by atoms with van der Waals surface area (Å²) < 4.78 is 0. The molecular weight excluding hydrogens is 228 g/mol. The van der Waals surface area contributed by atoms with Gasteiger partial charge in [-0.1, -0.05) is 39.5 Å². The molecule has 0 spiro atoms. The van der Waals surface area contributed by atoms with Gasteiger partial charge in [0.1, 0.15) is 0 Å². The molecule has 1 heterocycles. The van der Waals surface area contributed by atoms with Crippen molar-refractivity contribution in [1.29, 1.82) is 0 Å². The minimum absolute atomic E-state index is 0.330. The molecule has 3 N–H and O–H groups in total. The van der Waals surface area contributed by atoms with Gasteiger partial charge < -0.3 is 0 Å². The zero-order valence-electron chi connectivity index (χ0n) is 11.3. The predicted octanol–water partition coefficient (Wildman–Crippen LogP) is 4.17. The van der Waals surface area contributed by atoms with E-state index in [0.717, 1.165) is 12.3 Å². The van der Waals surface area contributed by atoms with Crippen LogP contribution in [0.5, 0.6) is 0 Å². The van der Waals surface area contributed by atoms with Gasteiger partial charge >= 0.3 is 0 Å². The zero-order valence-corrected chi connectivity index (χ0v) is 12.1.